The first-order valence-corrected chi connectivity index (χ1v) is 10.3. The van der Waals surface area contributed by atoms with Gasteiger partial charge in [0.15, 0.2) is 0 Å². The van der Waals surface area contributed by atoms with Crippen LogP contribution >= 0.6 is 18.9 Å². The van der Waals surface area contributed by atoms with Crippen molar-refractivity contribution in [2.24, 2.45) is 0 Å². The van der Waals surface area contributed by atoms with Gasteiger partial charge in [-0.3, -0.25) is 0 Å². The molecule has 0 spiro atoms. The molecule has 23 heavy (non-hydrogen) atoms. The molecule has 0 heterocycles. The van der Waals surface area contributed by atoms with Crippen molar-refractivity contribution in [2.75, 3.05) is 6.66 Å². The lowest BCUT2D eigenvalue weighted by molar-refractivity contribution is 0.617. The standard InChI is InChI=1S/C20H18ClFP/c1-23(16-9-4-2-5-10-16,17-11-6-3-7-12-17)15-18-19(21)13-8-14-20(18)22/h2-14H,15H2,1H3/q+1. The van der Waals surface area contributed by atoms with Crippen molar-refractivity contribution in [1.29, 1.82) is 0 Å². The molecule has 0 N–H and O–H groups in total. The highest BCUT2D eigenvalue weighted by Gasteiger charge is 2.38. The van der Waals surface area contributed by atoms with Crippen LogP contribution in [0.2, 0.25) is 5.02 Å². The van der Waals surface area contributed by atoms with E-state index in [0.29, 0.717) is 16.7 Å². The fourth-order valence-corrected chi connectivity index (χ4v) is 6.45. The summed E-state index contributed by atoms with van der Waals surface area (Å²) < 4.78 is 14.3. The van der Waals surface area contributed by atoms with Crippen LogP contribution in [-0.2, 0) is 6.16 Å². The summed E-state index contributed by atoms with van der Waals surface area (Å²) in [6.45, 7) is 2.25. The van der Waals surface area contributed by atoms with E-state index in [2.05, 4.69) is 30.9 Å². The third-order valence-corrected chi connectivity index (χ3v) is 8.37. The van der Waals surface area contributed by atoms with Crippen LogP contribution in [0.3, 0.4) is 0 Å². The molecule has 0 saturated heterocycles. The van der Waals surface area contributed by atoms with Crippen LogP contribution in [-0.4, -0.2) is 6.66 Å². The van der Waals surface area contributed by atoms with Crippen molar-refractivity contribution in [2.45, 2.75) is 6.16 Å². The van der Waals surface area contributed by atoms with E-state index in [1.54, 1.807) is 12.1 Å². The molecule has 0 atom stereocenters. The molecule has 0 aromatic heterocycles. The first kappa shape index (κ1) is 16.2. The molecule has 0 aliphatic carbocycles. The Labute approximate surface area is 142 Å². The minimum Gasteiger partial charge on any atom is -0.206 e. The van der Waals surface area contributed by atoms with Crippen LogP contribution in [0.4, 0.5) is 4.39 Å². The highest BCUT2D eigenvalue weighted by molar-refractivity contribution is 7.88. The summed E-state index contributed by atoms with van der Waals surface area (Å²) in [5.41, 5.74) is 0.609. The minimum atomic E-state index is -1.77. The molecular weight excluding hydrogens is 326 g/mol. The lowest BCUT2D eigenvalue weighted by Gasteiger charge is -2.24. The van der Waals surface area contributed by atoms with Crippen LogP contribution in [0.1, 0.15) is 5.56 Å². The smallest absolute Gasteiger partial charge is 0.131 e. The second kappa shape index (κ2) is 6.83. The molecule has 0 radical (unpaired) electrons. The third kappa shape index (κ3) is 3.32. The van der Waals surface area contributed by atoms with Crippen molar-refractivity contribution in [3.8, 4) is 0 Å². The van der Waals surface area contributed by atoms with E-state index in [-0.39, 0.29) is 5.82 Å². The first-order valence-electron chi connectivity index (χ1n) is 7.51. The zero-order valence-electron chi connectivity index (χ0n) is 12.9. The van der Waals surface area contributed by atoms with Gasteiger partial charge < -0.3 is 0 Å². The maximum absolute atomic E-state index is 14.3. The Morgan fingerprint density at radius 2 is 1.30 bits per heavy atom. The van der Waals surface area contributed by atoms with E-state index in [9.17, 15) is 4.39 Å². The van der Waals surface area contributed by atoms with Gasteiger partial charge in [0.25, 0.3) is 0 Å². The van der Waals surface area contributed by atoms with E-state index < -0.39 is 7.26 Å². The Hall–Kier alpha value is -1.69. The third-order valence-electron chi connectivity index (χ3n) is 4.19. The molecular formula is C20H18ClFP+. The van der Waals surface area contributed by atoms with Crippen molar-refractivity contribution >= 4 is 29.5 Å². The van der Waals surface area contributed by atoms with Gasteiger partial charge >= 0.3 is 0 Å². The zero-order chi connectivity index (χ0) is 16.3. The van der Waals surface area contributed by atoms with Gasteiger partial charge in [-0.1, -0.05) is 54.1 Å². The molecule has 3 aromatic rings. The minimum absolute atomic E-state index is 0.226. The molecule has 0 amide bonds. The Kier molecular flexibility index (Phi) is 4.80. The first-order chi connectivity index (χ1) is 11.1. The predicted molar refractivity (Wildman–Crippen MR) is 100 cm³/mol. The fraction of sp³-hybridized carbons (Fsp3) is 0.100. The molecule has 3 aromatic carbocycles. The zero-order valence-corrected chi connectivity index (χ0v) is 14.6. The van der Waals surface area contributed by atoms with E-state index in [0.717, 1.165) is 0 Å². The molecule has 0 unspecified atom stereocenters. The summed E-state index contributed by atoms with van der Waals surface area (Å²) >= 11 is 6.29. The normalized spacial score (nSPS) is 11.4. The van der Waals surface area contributed by atoms with Gasteiger partial charge in [0.05, 0.1) is 35.7 Å². The molecule has 116 valence electrons. The van der Waals surface area contributed by atoms with Gasteiger partial charge in [-0.25, -0.2) is 4.39 Å². The summed E-state index contributed by atoms with van der Waals surface area (Å²) in [5.74, 6) is -0.226. The van der Waals surface area contributed by atoms with Crippen LogP contribution in [0, 0.1) is 5.82 Å². The van der Waals surface area contributed by atoms with E-state index >= 15 is 0 Å². The Balaban J connectivity index is 2.14. The molecule has 0 fully saturated rings. The Morgan fingerprint density at radius 3 is 1.78 bits per heavy atom. The van der Waals surface area contributed by atoms with Gasteiger partial charge in [0.2, 0.25) is 0 Å². The van der Waals surface area contributed by atoms with Gasteiger partial charge in [-0.15, -0.1) is 0 Å². The maximum Gasteiger partial charge on any atom is 0.131 e. The SMILES string of the molecule is C[P+](Cc1c(F)cccc1Cl)(c1ccccc1)c1ccccc1. The molecule has 0 saturated carbocycles. The van der Waals surface area contributed by atoms with Crippen molar-refractivity contribution in [3.63, 3.8) is 0 Å². The summed E-state index contributed by atoms with van der Waals surface area (Å²) in [5, 5.41) is 3.01. The number of hydrogen-bond donors (Lipinski definition) is 0. The Bertz CT molecular complexity index is 728. The molecule has 0 bridgehead atoms. The van der Waals surface area contributed by atoms with E-state index in [1.807, 2.05) is 36.4 Å². The molecule has 3 rings (SSSR count). The summed E-state index contributed by atoms with van der Waals surface area (Å²) in [7, 11) is -1.77. The van der Waals surface area contributed by atoms with Crippen LogP contribution in [0.5, 0.6) is 0 Å². The highest BCUT2D eigenvalue weighted by atomic mass is 35.5. The van der Waals surface area contributed by atoms with Gasteiger partial charge in [-0.05, 0) is 36.4 Å². The molecule has 0 aliphatic heterocycles. The predicted octanol–water partition coefficient (Wildman–Crippen LogP) is 5.28. The topological polar surface area (TPSA) is 0 Å². The van der Waals surface area contributed by atoms with Gasteiger partial charge in [0, 0.05) is 5.56 Å². The lowest BCUT2D eigenvalue weighted by Crippen LogP contribution is -2.23. The number of rotatable bonds is 4. The second-order valence-corrected chi connectivity index (χ2v) is 9.86. The van der Waals surface area contributed by atoms with Crippen molar-refractivity contribution < 1.29 is 4.39 Å². The fourth-order valence-electron chi connectivity index (χ4n) is 2.85. The van der Waals surface area contributed by atoms with E-state index in [4.69, 9.17) is 11.6 Å². The van der Waals surface area contributed by atoms with Gasteiger partial charge in [0.1, 0.15) is 5.82 Å². The molecule has 0 nitrogen and oxygen atoms in total. The monoisotopic (exact) mass is 343 g/mol. The summed E-state index contributed by atoms with van der Waals surface area (Å²) in [6.07, 6.45) is 0.618. The number of halogens is 2. The van der Waals surface area contributed by atoms with Crippen molar-refractivity contribution in [3.05, 3.63) is 95.3 Å². The van der Waals surface area contributed by atoms with Crippen LogP contribution in [0.25, 0.3) is 0 Å². The summed E-state index contributed by atoms with van der Waals surface area (Å²) in [6, 6.07) is 25.6. The quantitative estimate of drug-likeness (QED) is 0.565. The van der Waals surface area contributed by atoms with Crippen LogP contribution in [0.15, 0.2) is 78.9 Å². The second-order valence-electron chi connectivity index (χ2n) is 5.72. The van der Waals surface area contributed by atoms with Crippen molar-refractivity contribution in [1.82, 2.24) is 0 Å². The average molecular weight is 344 g/mol. The maximum atomic E-state index is 14.3. The molecule has 0 aliphatic rings. The van der Waals surface area contributed by atoms with E-state index in [1.165, 1.54) is 16.7 Å². The number of benzene rings is 3. The molecule has 3 heteroatoms. The Morgan fingerprint density at radius 1 is 0.783 bits per heavy atom. The number of hydrogen-bond acceptors (Lipinski definition) is 0. The largest absolute Gasteiger partial charge is 0.206 e. The van der Waals surface area contributed by atoms with Gasteiger partial charge in [-0.2, -0.15) is 0 Å². The van der Waals surface area contributed by atoms with Crippen LogP contribution < -0.4 is 10.6 Å². The average Bonchev–Trinajstić information content (AvgIpc) is 2.60. The highest BCUT2D eigenvalue weighted by Crippen LogP contribution is 2.56. The summed E-state index contributed by atoms with van der Waals surface area (Å²) in [4.78, 5) is 0. The lowest BCUT2D eigenvalue weighted by atomic mass is 10.2.